The SMILES string of the molecule is COc1ccc(-c2nnc(CCCN)o2)c(OC)c1. The van der Waals surface area contributed by atoms with Gasteiger partial charge in [0.25, 0.3) is 5.89 Å². The van der Waals surface area contributed by atoms with Crippen molar-refractivity contribution in [1.29, 1.82) is 0 Å². The van der Waals surface area contributed by atoms with E-state index in [1.807, 2.05) is 12.1 Å². The molecule has 1 aromatic carbocycles. The minimum atomic E-state index is 0.437. The zero-order valence-electron chi connectivity index (χ0n) is 11.0. The second-order valence-corrected chi connectivity index (χ2v) is 3.96. The Balaban J connectivity index is 2.27. The average molecular weight is 263 g/mol. The second kappa shape index (κ2) is 6.19. The van der Waals surface area contributed by atoms with Crippen LogP contribution in [0.4, 0.5) is 0 Å². The minimum Gasteiger partial charge on any atom is -0.497 e. The summed E-state index contributed by atoms with van der Waals surface area (Å²) in [6, 6.07) is 5.43. The van der Waals surface area contributed by atoms with Crippen molar-refractivity contribution < 1.29 is 13.9 Å². The molecule has 0 aliphatic rings. The highest BCUT2D eigenvalue weighted by molar-refractivity contribution is 5.64. The number of methoxy groups -OCH3 is 2. The Bertz CT molecular complexity index is 540. The number of benzene rings is 1. The summed E-state index contributed by atoms with van der Waals surface area (Å²) in [5, 5.41) is 8.01. The molecule has 1 aromatic heterocycles. The van der Waals surface area contributed by atoms with Gasteiger partial charge in [0.1, 0.15) is 11.5 Å². The summed E-state index contributed by atoms with van der Waals surface area (Å²) in [7, 11) is 3.19. The van der Waals surface area contributed by atoms with Gasteiger partial charge in [0.15, 0.2) is 0 Å². The van der Waals surface area contributed by atoms with E-state index in [0.717, 1.165) is 12.0 Å². The molecule has 0 aliphatic carbocycles. The Morgan fingerprint density at radius 1 is 1.21 bits per heavy atom. The molecule has 6 heteroatoms. The van der Waals surface area contributed by atoms with Gasteiger partial charge in [0.2, 0.25) is 5.89 Å². The normalized spacial score (nSPS) is 10.5. The lowest BCUT2D eigenvalue weighted by atomic mass is 10.2. The highest BCUT2D eigenvalue weighted by Crippen LogP contribution is 2.32. The van der Waals surface area contributed by atoms with E-state index >= 15 is 0 Å². The van der Waals surface area contributed by atoms with Crippen LogP contribution < -0.4 is 15.2 Å². The smallest absolute Gasteiger partial charge is 0.251 e. The number of hydrogen-bond donors (Lipinski definition) is 1. The number of aryl methyl sites for hydroxylation is 1. The molecule has 102 valence electrons. The molecule has 0 bridgehead atoms. The first-order valence-corrected chi connectivity index (χ1v) is 6.03. The summed E-state index contributed by atoms with van der Waals surface area (Å²) in [4.78, 5) is 0. The maximum atomic E-state index is 5.59. The fourth-order valence-corrected chi connectivity index (χ4v) is 1.69. The maximum Gasteiger partial charge on any atom is 0.251 e. The fourth-order valence-electron chi connectivity index (χ4n) is 1.69. The van der Waals surface area contributed by atoms with Crippen molar-refractivity contribution in [2.45, 2.75) is 12.8 Å². The summed E-state index contributed by atoms with van der Waals surface area (Å²) in [6.45, 7) is 0.601. The monoisotopic (exact) mass is 263 g/mol. The largest absolute Gasteiger partial charge is 0.497 e. The Kier molecular flexibility index (Phi) is 4.35. The van der Waals surface area contributed by atoms with Gasteiger partial charge < -0.3 is 19.6 Å². The molecule has 0 saturated carbocycles. The summed E-state index contributed by atoms with van der Waals surface area (Å²) in [5.74, 6) is 2.36. The molecule has 0 saturated heterocycles. The highest BCUT2D eigenvalue weighted by atomic mass is 16.5. The van der Waals surface area contributed by atoms with E-state index in [1.54, 1.807) is 20.3 Å². The van der Waals surface area contributed by atoms with Crippen LogP contribution in [0.1, 0.15) is 12.3 Å². The standard InChI is InChI=1S/C13H17N3O3/c1-17-9-5-6-10(11(8-9)18-2)13-16-15-12(19-13)4-3-7-14/h5-6,8H,3-4,7,14H2,1-2H3. The molecule has 2 rings (SSSR count). The lowest BCUT2D eigenvalue weighted by Gasteiger charge is -2.07. The van der Waals surface area contributed by atoms with Crippen LogP contribution in [-0.4, -0.2) is 31.0 Å². The highest BCUT2D eigenvalue weighted by Gasteiger charge is 2.14. The fraction of sp³-hybridized carbons (Fsp3) is 0.385. The van der Waals surface area contributed by atoms with E-state index in [-0.39, 0.29) is 0 Å². The summed E-state index contributed by atoms with van der Waals surface area (Å²) in [6.07, 6.45) is 1.50. The van der Waals surface area contributed by atoms with Crippen molar-refractivity contribution in [2.75, 3.05) is 20.8 Å². The third-order valence-electron chi connectivity index (χ3n) is 2.70. The summed E-state index contributed by atoms with van der Waals surface area (Å²) >= 11 is 0. The van der Waals surface area contributed by atoms with Gasteiger partial charge in [-0.05, 0) is 25.1 Å². The van der Waals surface area contributed by atoms with Gasteiger partial charge in [-0.25, -0.2) is 0 Å². The predicted molar refractivity (Wildman–Crippen MR) is 70.2 cm³/mol. The first kappa shape index (κ1) is 13.4. The molecule has 2 aromatic rings. The molecular weight excluding hydrogens is 246 g/mol. The van der Waals surface area contributed by atoms with Gasteiger partial charge in [0.05, 0.1) is 19.8 Å². The molecule has 0 amide bonds. The van der Waals surface area contributed by atoms with Crippen molar-refractivity contribution in [3.63, 3.8) is 0 Å². The van der Waals surface area contributed by atoms with Crippen molar-refractivity contribution >= 4 is 0 Å². The number of nitrogens with two attached hydrogens (primary N) is 1. The average Bonchev–Trinajstić information content (AvgIpc) is 2.92. The van der Waals surface area contributed by atoms with Crippen LogP contribution in [0.3, 0.4) is 0 Å². The van der Waals surface area contributed by atoms with Crippen LogP contribution in [0.15, 0.2) is 22.6 Å². The predicted octanol–water partition coefficient (Wildman–Crippen LogP) is 1.65. The van der Waals surface area contributed by atoms with Gasteiger partial charge in [-0.15, -0.1) is 10.2 Å². The van der Waals surface area contributed by atoms with Gasteiger partial charge in [-0.1, -0.05) is 0 Å². The first-order valence-electron chi connectivity index (χ1n) is 6.03. The molecule has 0 aliphatic heterocycles. The molecule has 19 heavy (non-hydrogen) atoms. The number of aromatic nitrogens is 2. The maximum absolute atomic E-state index is 5.59. The molecule has 2 N–H and O–H groups in total. The number of rotatable bonds is 6. The third-order valence-corrected chi connectivity index (χ3v) is 2.70. The number of ether oxygens (including phenoxy) is 2. The second-order valence-electron chi connectivity index (χ2n) is 3.96. The molecule has 6 nitrogen and oxygen atoms in total. The van der Waals surface area contributed by atoms with Crippen LogP contribution in [-0.2, 0) is 6.42 Å². The minimum absolute atomic E-state index is 0.437. The molecule has 0 spiro atoms. The molecule has 0 radical (unpaired) electrons. The number of nitrogens with zero attached hydrogens (tertiary/aromatic N) is 2. The van der Waals surface area contributed by atoms with E-state index in [0.29, 0.717) is 36.2 Å². The Hall–Kier alpha value is -2.08. The topological polar surface area (TPSA) is 83.4 Å². The van der Waals surface area contributed by atoms with Crippen LogP contribution in [0, 0.1) is 0 Å². The number of hydrogen-bond acceptors (Lipinski definition) is 6. The van der Waals surface area contributed by atoms with Crippen molar-refractivity contribution in [2.24, 2.45) is 5.73 Å². The lowest BCUT2D eigenvalue weighted by molar-refractivity contribution is 0.394. The van der Waals surface area contributed by atoms with Gasteiger partial charge >= 0.3 is 0 Å². The molecule has 0 unspecified atom stereocenters. The van der Waals surface area contributed by atoms with E-state index < -0.39 is 0 Å². The van der Waals surface area contributed by atoms with Crippen LogP contribution in [0.2, 0.25) is 0 Å². The zero-order chi connectivity index (χ0) is 13.7. The van der Waals surface area contributed by atoms with Gasteiger partial charge in [-0.3, -0.25) is 0 Å². The molecule has 0 fully saturated rings. The zero-order valence-corrected chi connectivity index (χ0v) is 11.0. The van der Waals surface area contributed by atoms with E-state index in [9.17, 15) is 0 Å². The van der Waals surface area contributed by atoms with Crippen LogP contribution >= 0.6 is 0 Å². The van der Waals surface area contributed by atoms with Crippen LogP contribution in [0.25, 0.3) is 11.5 Å². The molecule has 1 heterocycles. The van der Waals surface area contributed by atoms with Gasteiger partial charge in [-0.2, -0.15) is 0 Å². The van der Waals surface area contributed by atoms with Crippen molar-refractivity contribution in [3.05, 3.63) is 24.1 Å². The van der Waals surface area contributed by atoms with E-state index in [1.165, 1.54) is 0 Å². The Morgan fingerprint density at radius 3 is 2.74 bits per heavy atom. The third kappa shape index (κ3) is 3.03. The van der Waals surface area contributed by atoms with E-state index in [2.05, 4.69) is 10.2 Å². The van der Waals surface area contributed by atoms with Gasteiger partial charge in [0, 0.05) is 12.5 Å². The van der Waals surface area contributed by atoms with Crippen molar-refractivity contribution in [3.8, 4) is 23.0 Å². The lowest BCUT2D eigenvalue weighted by Crippen LogP contribution is -2.00. The Labute approximate surface area is 111 Å². The molecular formula is C13H17N3O3. The molecule has 0 atom stereocenters. The first-order chi connectivity index (χ1) is 9.28. The summed E-state index contributed by atoms with van der Waals surface area (Å²) in [5.41, 5.74) is 6.19. The summed E-state index contributed by atoms with van der Waals surface area (Å²) < 4.78 is 16.0. The van der Waals surface area contributed by atoms with E-state index in [4.69, 9.17) is 19.6 Å². The quantitative estimate of drug-likeness (QED) is 0.853. The Morgan fingerprint density at radius 2 is 2.05 bits per heavy atom. The van der Waals surface area contributed by atoms with Crippen molar-refractivity contribution in [1.82, 2.24) is 10.2 Å². The van der Waals surface area contributed by atoms with Crippen LogP contribution in [0.5, 0.6) is 11.5 Å².